The van der Waals surface area contributed by atoms with Gasteiger partial charge in [0.1, 0.15) is 21.5 Å². The summed E-state index contributed by atoms with van der Waals surface area (Å²) in [6, 6.07) is 13.3. The number of hydrogen-bond acceptors (Lipinski definition) is 7. The topological polar surface area (TPSA) is 104 Å². The molecule has 0 aliphatic carbocycles. The molecule has 2 heterocycles. The predicted molar refractivity (Wildman–Crippen MR) is 118 cm³/mol. The smallest absolute Gasteiger partial charge is 0.266 e. The van der Waals surface area contributed by atoms with Crippen molar-refractivity contribution in [3.05, 3.63) is 71.1 Å². The third-order valence-corrected chi connectivity index (χ3v) is 6.93. The van der Waals surface area contributed by atoms with E-state index in [1.807, 2.05) is 38.1 Å². The summed E-state index contributed by atoms with van der Waals surface area (Å²) in [6.45, 7) is 3.84. The highest BCUT2D eigenvalue weighted by Gasteiger charge is 2.23. The molecule has 160 valence electrons. The van der Waals surface area contributed by atoms with E-state index < -0.39 is 20.7 Å². The molecular weight excluding hydrogens is 439 g/mol. The number of rotatable bonds is 7. The highest BCUT2D eigenvalue weighted by atomic mass is 32.2. The number of aromatic amines is 1. The van der Waals surface area contributed by atoms with Crippen molar-refractivity contribution in [1.82, 2.24) is 20.4 Å². The summed E-state index contributed by atoms with van der Waals surface area (Å²) in [5.41, 5.74) is 2.24. The molecule has 11 heteroatoms. The van der Waals surface area contributed by atoms with Crippen molar-refractivity contribution < 1.29 is 12.8 Å². The largest absolute Gasteiger partial charge is 0.295 e. The van der Waals surface area contributed by atoms with E-state index in [-0.39, 0.29) is 5.13 Å². The zero-order valence-electron chi connectivity index (χ0n) is 16.7. The molecule has 0 fully saturated rings. The first kappa shape index (κ1) is 20.9. The van der Waals surface area contributed by atoms with Crippen molar-refractivity contribution >= 4 is 43.7 Å². The molecule has 0 spiro atoms. The van der Waals surface area contributed by atoms with Crippen molar-refractivity contribution in [3.8, 4) is 0 Å². The van der Waals surface area contributed by atoms with Crippen LogP contribution in [-0.4, -0.2) is 28.8 Å². The molecule has 2 aromatic carbocycles. The monoisotopic (exact) mass is 458 g/mol. The fourth-order valence-corrected chi connectivity index (χ4v) is 4.99. The molecule has 0 bridgehead atoms. The molecule has 0 saturated carbocycles. The van der Waals surface area contributed by atoms with Gasteiger partial charge in [-0.3, -0.25) is 14.7 Å². The first-order valence-electron chi connectivity index (χ1n) is 9.38. The summed E-state index contributed by atoms with van der Waals surface area (Å²) in [6.07, 6.45) is 2.22. The van der Waals surface area contributed by atoms with E-state index in [0.29, 0.717) is 22.9 Å². The molecule has 0 amide bonds. The summed E-state index contributed by atoms with van der Waals surface area (Å²) >= 11 is 1.11. The van der Waals surface area contributed by atoms with Gasteiger partial charge in [0.2, 0.25) is 5.13 Å². The second-order valence-electron chi connectivity index (χ2n) is 6.69. The third-order valence-electron chi connectivity index (χ3n) is 4.44. The Hall–Kier alpha value is -3.31. The molecule has 2 aromatic heterocycles. The lowest BCUT2D eigenvalue weighted by molar-refractivity contribution is 0.570. The Morgan fingerprint density at radius 3 is 2.58 bits per heavy atom. The quantitative estimate of drug-likeness (QED) is 0.421. The number of aryl methyl sites for hydroxylation is 2. The van der Waals surface area contributed by atoms with Crippen LogP contribution in [0.25, 0.3) is 0 Å². The van der Waals surface area contributed by atoms with Crippen LogP contribution < -0.4 is 9.62 Å². The fourth-order valence-electron chi connectivity index (χ4n) is 3.02. The van der Waals surface area contributed by atoms with E-state index in [1.54, 1.807) is 23.2 Å². The van der Waals surface area contributed by atoms with Gasteiger partial charge in [-0.1, -0.05) is 30.4 Å². The number of H-pyrrole nitrogens is 1. The molecule has 0 unspecified atom stereocenters. The molecule has 0 aliphatic rings. The Kier molecular flexibility index (Phi) is 5.70. The molecule has 2 N–H and O–H groups in total. The van der Waals surface area contributed by atoms with Crippen LogP contribution in [0.15, 0.2) is 59.6 Å². The van der Waals surface area contributed by atoms with Gasteiger partial charge in [0, 0.05) is 11.8 Å². The number of benzene rings is 2. The van der Waals surface area contributed by atoms with Crippen LogP contribution >= 0.6 is 11.3 Å². The van der Waals surface area contributed by atoms with Crippen molar-refractivity contribution in [3.63, 3.8) is 0 Å². The lowest BCUT2D eigenvalue weighted by Crippen LogP contribution is -2.16. The second kappa shape index (κ2) is 8.44. The molecule has 4 aromatic rings. The zero-order valence-corrected chi connectivity index (χ0v) is 18.3. The Balaban J connectivity index is 1.71. The highest BCUT2D eigenvalue weighted by molar-refractivity contribution is 7.93. The van der Waals surface area contributed by atoms with Crippen LogP contribution in [0.1, 0.15) is 17.5 Å². The third kappa shape index (κ3) is 4.42. The molecule has 0 radical (unpaired) electrons. The summed E-state index contributed by atoms with van der Waals surface area (Å²) in [7, 11) is -4.16. The summed E-state index contributed by atoms with van der Waals surface area (Å²) in [4.78, 5) is 1.28. The average molecular weight is 459 g/mol. The van der Waals surface area contributed by atoms with Gasteiger partial charge in [0.15, 0.2) is 0 Å². The minimum Gasteiger partial charge on any atom is -0.295 e. The Labute approximate surface area is 182 Å². The number of sulfonamides is 1. The van der Waals surface area contributed by atoms with Crippen LogP contribution in [0.5, 0.6) is 0 Å². The number of nitrogens with one attached hydrogen (secondary N) is 2. The molecule has 0 saturated heterocycles. The van der Waals surface area contributed by atoms with Crippen molar-refractivity contribution in [2.24, 2.45) is 0 Å². The minimum atomic E-state index is -4.16. The standard InChI is InChI=1S/C20H19FN6O2S2/c1-3-19-24-25-20(30-19)26-31(28,29)17-8-7-15(12-16(17)21)27(18-9-10-22-23-18)14-6-4-5-13(2)11-14/h4-12H,3H2,1-2H3,(H,22,23)(H,25,26). The van der Waals surface area contributed by atoms with Crippen LogP contribution in [0, 0.1) is 12.7 Å². The van der Waals surface area contributed by atoms with Crippen molar-refractivity contribution in [1.29, 1.82) is 0 Å². The van der Waals surface area contributed by atoms with E-state index in [1.165, 1.54) is 12.1 Å². The number of hydrogen-bond donors (Lipinski definition) is 2. The lowest BCUT2D eigenvalue weighted by Gasteiger charge is -2.24. The van der Waals surface area contributed by atoms with E-state index in [0.717, 1.165) is 22.6 Å². The second-order valence-corrected chi connectivity index (χ2v) is 9.40. The summed E-state index contributed by atoms with van der Waals surface area (Å²) < 4.78 is 42.7. The predicted octanol–water partition coefficient (Wildman–Crippen LogP) is 4.54. The molecule has 0 aliphatic heterocycles. The molecule has 31 heavy (non-hydrogen) atoms. The van der Waals surface area contributed by atoms with Crippen molar-refractivity contribution in [2.45, 2.75) is 25.2 Å². The Bertz CT molecular complexity index is 1300. The highest BCUT2D eigenvalue weighted by Crippen LogP contribution is 2.35. The number of nitrogens with zero attached hydrogens (tertiary/aromatic N) is 4. The van der Waals surface area contributed by atoms with Gasteiger partial charge in [-0.25, -0.2) is 12.8 Å². The minimum absolute atomic E-state index is 0.0965. The maximum Gasteiger partial charge on any atom is 0.266 e. The van der Waals surface area contributed by atoms with E-state index in [9.17, 15) is 8.42 Å². The van der Waals surface area contributed by atoms with Gasteiger partial charge in [0.25, 0.3) is 10.0 Å². The van der Waals surface area contributed by atoms with Crippen molar-refractivity contribution in [2.75, 3.05) is 9.62 Å². The number of halogens is 1. The van der Waals surface area contributed by atoms with E-state index >= 15 is 4.39 Å². The van der Waals surface area contributed by atoms with Crippen LogP contribution in [0.4, 0.5) is 26.7 Å². The maximum atomic E-state index is 15.0. The van der Waals surface area contributed by atoms with Gasteiger partial charge in [-0.2, -0.15) is 5.10 Å². The normalized spacial score (nSPS) is 11.5. The number of anilines is 4. The number of aromatic nitrogens is 4. The van der Waals surface area contributed by atoms with Crippen LogP contribution in [0.3, 0.4) is 0 Å². The Morgan fingerprint density at radius 2 is 1.94 bits per heavy atom. The molecule has 8 nitrogen and oxygen atoms in total. The van der Waals surface area contributed by atoms with E-state index in [4.69, 9.17) is 0 Å². The zero-order chi connectivity index (χ0) is 22.0. The molecule has 4 rings (SSSR count). The first-order valence-corrected chi connectivity index (χ1v) is 11.7. The van der Waals surface area contributed by atoms with Crippen LogP contribution in [-0.2, 0) is 16.4 Å². The van der Waals surface area contributed by atoms with Gasteiger partial charge in [-0.15, -0.1) is 10.2 Å². The Morgan fingerprint density at radius 1 is 1.13 bits per heavy atom. The SMILES string of the molecule is CCc1nnc(NS(=O)(=O)c2ccc(N(c3cccc(C)c3)c3ccn[nH]3)cc2F)s1. The molecular formula is C20H19FN6O2S2. The summed E-state index contributed by atoms with van der Waals surface area (Å²) in [5, 5.41) is 15.3. The van der Waals surface area contributed by atoms with Gasteiger partial charge in [-0.05, 0) is 49.2 Å². The summed E-state index contributed by atoms with van der Waals surface area (Å²) in [5.74, 6) is -0.276. The first-order chi connectivity index (χ1) is 14.9. The average Bonchev–Trinajstić information content (AvgIpc) is 3.40. The van der Waals surface area contributed by atoms with Crippen LogP contribution in [0.2, 0.25) is 0 Å². The van der Waals surface area contributed by atoms with Gasteiger partial charge < -0.3 is 0 Å². The lowest BCUT2D eigenvalue weighted by atomic mass is 10.2. The van der Waals surface area contributed by atoms with E-state index in [2.05, 4.69) is 25.1 Å². The van der Waals surface area contributed by atoms with Gasteiger partial charge >= 0.3 is 0 Å². The maximum absolute atomic E-state index is 15.0. The fraction of sp³-hybridized carbons (Fsp3) is 0.150. The van der Waals surface area contributed by atoms with Gasteiger partial charge in [0.05, 0.1) is 11.9 Å². The molecule has 0 atom stereocenters.